The molecule has 2 fully saturated rings. The van der Waals surface area contributed by atoms with Gasteiger partial charge in [-0.1, -0.05) is 0 Å². The Kier molecular flexibility index (Phi) is 4.80. The van der Waals surface area contributed by atoms with Crippen LogP contribution in [-0.2, 0) is 4.79 Å². The van der Waals surface area contributed by atoms with E-state index in [-0.39, 0.29) is 5.92 Å². The second kappa shape index (κ2) is 6.36. The summed E-state index contributed by atoms with van der Waals surface area (Å²) in [6.45, 7) is 1.98. The molecule has 1 amide bonds. The van der Waals surface area contributed by atoms with E-state index in [0.717, 1.165) is 38.8 Å². The lowest BCUT2D eigenvalue weighted by Crippen LogP contribution is -2.45. The summed E-state index contributed by atoms with van der Waals surface area (Å²) in [7, 11) is 2.03. The van der Waals surface area contributed by atoms with Crippen molar-refractivity contribution in [1.82, 2.24) is 16.0 Å². The smallest absolute Gasteiger partial charge is 0.223 e. The van der Waals surface area contributed by atoms with Crippen LogP contribution in [0.4, 0.5) is 0 Å². The molecule has 2 rings (SSSR count). The molecule has 1 aliphatic carbocycles. The number of amides is 1. The van der Waals surface area contributed by atoms with Crippen molar-refractivity contribution in [2.45, 2.75) is 50.6 Å². The van der Waals surface area contributed by atoms with Gasteiger partial charge in [0, 0.05) is 18.0 Å². The average Bonchev–Trinajstić information content (AvgIpc) is 2.40. The maximum Gasteiger partial charge on any atom is 0.223 e. The Bertz CT molecular complexity index is 243. The SMILES string of the molecule is CNC1CCC(NC(=O)C2CCNCC2)CC1. The molecule has 4 heteroatoms. The summed E-state index contributed by atoms with van der Waals surface area (Å²) in [5.41, 5.74) is 0. The number of carbonyl (C=O) groups excluding carboxylic acids is 1. The van der Waals surface area contributed by atoms with Crippen LogP contribution in [0.2, 0.25) is 0 Å². The van der Waals surface area contributed by atoms with E-state index in [4.69, 9.17) is 0 Å². The van der Waals surface area contributed by atoms with Gasteiger partial charge in [-0.3, -0.25) is 4.79 Å². The second-order valence-electron chi connectivity index (χ2n) is 5.37. The van der Waals surface area contributed by atoms with Crippen LogP contribution in [0.3, 0.4) is 0 Å². The molecule has 0 aromatic rings. The maximum atomic E-state index is 12.1. The van der Waals surface area contributed by atoms with Crippen molar-refractivity contribution in [2.24, 2.45) is 5.92 Å². The van der Waals surface area contributed by atoms with Crippen LogP contribution in [0.1, 0.15) is 38.5 Å². The van der Waals surface area contributed by atoms with Gasteiger partial charge < -0.3 is 16.0 Å². The standard InChI is InChI=1S/C13H25N3O/c1-14-11-2-4-12(5-3-11)16-13(17)10-6-8-15-9-7-10/h10-12,14-15H,2-9H2,1H3,(H,16,17). The van der Waals surface area contributed by atoms with Gasteiger partial charge in [0.05, 0.1) is 0 Å². The van der Waals surface area contributed by atoms with E-state index in [1.165, 1.54) is 12.8 Å². The fourth-order valence-electron chi connectivity index (χ4n) is 2.93. The van der Waals surface area contributed by atoms with E-state index in [9.17, 15) is 4.79 Å². The quantitative estimate of drug-likeness (QED) is 0.677. The average molecular weight is 239 g/mol. The van der Waals surface area contributed by atoms with E-state index in [1.54, 1.807) is 0 Å². The number of nitrogens with one attached hydrogen (secondary N) is 3. The van der Waals surface area contributed by atoms with Gasteiger partial charge >= 0.3 is 0 Å². The van der Waals surface area contributed by atoms with Crippen LogP contribution >= 0.6 is 0 Å². The second-order valence-corrected chi connectivity index (χ2v) is 5.37. The lowest BCUT2D eigenvalue weighted by molar-refractivity contribution is -0.126. The molecule has 3 N–H and O–H groups in total. The molecule has 0 radical (unpaired) electrons. The predicted molar refractivity (Wildman–Crippen MR) is 68.8 cm³/mol. The zero-order chi connectivity index (χ0) is 12.1. The monoisotopic (exact) mass is 239 g/mol. The van der Waals surface area contributed by atoms with Crippen molar-refractivity contribution < 1.29 is 4.79 Å². The van der Waals surface area contributed by atoms with Gasteiger partial charge in [-0.2, -0.15) is 0 Å². The largest absolute Gasteiger partial charge is 0.353 e. The Hall–Kier alpha value is -0.610. The number of hydrogen-bond donors (Lipinski definition) is 3. The van der Waals surface area contributed by atoms with Crippen LogP contribution in [0.25, 0.3) is 0 Å². The van der Waals surface area contributed by atoms with Crippen molar-refractivity contribution in [2.75, 3.05) is 20.1 Å². The Morgan fingerprint density at radius 1 is 1.00 bits per heavy atom. The summed E-state index contributed by atoms with van der Waals surface area (Å²) >= 11 is 0. The van der Waals surface area contributed by atoms with Gasteiger partial charge in [0.15, 0.2) is 0 Å². The van der Waals surface area contributed by atoms with Crippen molar-refractivity contribution in [3.8, 4) is 0 Å². The molecule has 0 atom stereocenters. The van der Waals surface area contributed by atoms with Crippen molar-refractivity contribution in [1.29, 1.82) is 0 Å². The Labute approximate surface area is 104 Å². The zero-order valence-corrected chi connectivity index (χ0v) is 10.8. The van der Waals surface area contributed by atoms with Gasteiger partial charge in [0.25, 0.3) is 0 Å². The highest BCUT2D eigenvalue weighted by Gasteiger charge is 2.25. The summed E-state index contributed by atoms with van der Waals surface area (Å²) in [5, 5.41) is 9.86. The van der Waals surface area contributed by atoms with Gasteiger partial charge in [0.1, 0.15) is 0 Å². The fourth-order valence-corrected chi connectivity index (χ4v) is 2.93. The minimum absolute atomic E-state index is 0.248. The lowest BCUT2D eigenvalue weighted by Gasteiger charge is -2.30. The van der Waals surface area contributed by atoms with E-state index < -0.39 is 0 Å². The van der Waals surface area contributed by atoms with Crippen LogP contribution in [0.15, 0.2) is 0 Å². The van der Waals surface area contributed by atoms with E-state index in [2.05, 4.69) is 16.0 Å². The molecule has 2 aliphatic rings. The normalized spacial score (nSPS) is 31.1. The Balaban J connectivity index is 1.71. The van der Waals surface area contributed by atoms with Crippen molar-refractivity contribution in [3.63, 3.8) is 0 Å². The van der Waals surface area contributed by atoms with Crippen LogP contribution in [0, 0.1) is 5.92 Å². The molecule has 1 saturated heterocycles. The van der Waals surface area contributed by atoms with Crippen molar-refractivity contribution in [3.05, 3.63) is 0 Å². The topological polar surface area (TPSA) is 53.2 Å². The van der Waals surface area contributed by atoms with Crippen molar-refractivity contribution >= 4 is 5.91 Å². The minimum Gasteiger partial charge on any atom is -0.353 e. The molecule has 17 heavy (non-hydrogen) atoms. The van der Waals surface area contributed by atoms with Gasteiger partial charge in [-0.25, -0.2) is 0 Å². The number of hydrogen-bond acceptors (Lipinski definition) is 3. The Morgan fingerprint density at radius 3 is 2.18 bits per heavy atom. The first-order chi connectivity index (χ1) is 8.29. The molecule has 0 spiro atoms. The third-order valence-corrected chi connectivity index (χ3v) is 4.19. The molecule has 1 saturated carbocycles. The van der Waals surface area contributed by atoms with E-state index >= 15 is 0 Å². The first-order valence-corrected chi connectivity index (χ1v) is 6.98. The third kappa shape index (κ3) is 3.68. The highest BCUT2D eigenvalue weighted by molar-refractivity contribution is 5.79. The zero-order valence-electron chi connectivity index (χ0n) is 10.8. The molecular formula is C13H25N3O. The number of rotatable bonds is 3. The highest BCUT2D eigenvalue weighted by Crippen LogP contribution is 2.19. The summed E-state index contributed by atoms with van der Waals surface area (Å²) in [4.78, 5) is 12.1. The molecule has 0 bridgehead atoms. The lowest BCUT2D eigenvalue weighted by atomic mass is 9.90. The summed E-state index contributed by atoms with van der Waals surface area (Å²) in [5.74, 6) is 0.540. The fraction of sp³-hybridized carbons (Fsp3) is 0.923. The van der Waals surface area contributed by atoms with Crippen LogP contribution in [0.5, 0.6) is 0 Å². The molecule has 98 valence electrons. The van der Waals surface area contributed by atoms with Crippen LogP contribution < -0.4 is 16.0 Å². The number of carbonyl (C=O) groups is 1. The highest BCUT2D eigenvalue weighted by atomic mass is 16.1. The molecule has 0 aromatic carbocycles. The first kappa shape index (κ1) is 12.8. The van der Waals surface area contributed by atoms with Gasteiger partial charge in [-0.15, -0.1) is 0 Å². The predicted octanol–water partition coefficient (Wildman–Crippen LogP) is 0.633. The first-order valence-electron chi connectivity index (χ1n) is 6.98. The van der Waals surface area contributed by atoms with Crippen LogP contribution in [-0.4, -0.2) is 38.1 Å². The van der Waals surface area contributed by atoms with Gasteiger partial charge in [0.2, 0.25) is 5.91 Å². The molecular weight excluding hydrogens is 214 g/mol. The summed E-state index contributed by atoms with van der Waals surface area (Å²) < 4.78 is 0. The third-order valence-electron chi connectivity index (χ3n) is 4.19. The molecule has 0 unspecified atom stereocenters. The van der Waals surface area contributed by atoms with Gasteiger partial charge in [-0.05, 0) is 58.7 Å². The summed E-state index contributed by atoms with van der Waals surface area (Å²) in [6, 6.07) is 1.07. The maximum absolute atomic E-state index is 12.1. The Morgan fingerprint density at radius 2 is 1.59 bits per heavy atom. The van der Waals surface area contributed by atoms with E-state index in [0.29, 0.717) is 18.0 Å². The van der Waals surface area contributed by atoms with E-state index in [1.807, 2.05) is 7.05 Å². The minimum atomic E-state index is 0.248. The molecule has 1 heterocycles. The molecule has 0 aromatic heterocycles. The molecule has 4 nitrogen and oxygen atoms in total. The summed E-state index contributed by atoms with van der Waals surface area (Å²) in [6.07, 6.45) is 6.63. The number of piperidine rings is 1. The molecule has 1 aliphatic heterocycles.